The molecule has 3 N–H and O–H groups in total. The number of anilines is 2. The molecule has 34 heavy (non-hydrogen) atoms. The van der Waals surface area contributed by atoms with Crippen LogP contribution in [0.4, 0.5) is 24.9 Å². The number of likely N-dealkylation sites (tertiary alicyclic amines) is 1. The van der Waals surface area contributed by atoms with Gasteiger partial charge in [-0.1, -0.05) is 0 Å². The summed E-state index contributed by atoms with van der Waals surface area (Å²) in [6.07, 6.45) is -0.959. The number of hydrogen-bond acceptors (Lipinski definition) is 7. The Morgan fingerprint density at radius 1 is 1.09 bits per heavy atom. The maximum Gasteiger partial charge on any atom is 0.419 e. The monoisotopic (exact) mass is 474 g/mol. The lowest BCUT2D eigenvalue weighted by Gasteiger charge is -2.27. The zero-order chi connectivity index (χ0) is 24.0. The van der Waals surface area contributed by atoms with Crippen molar-refractivity contribution in [1.29, 1.82) is 0 Å². The molecule has 7 rings (SSSR count). The quantitative estimate of drug-likeness (QED) is 0.688. The van der Waals surface area contributed by atoms with E-state index in [0.717, 1.165) is 44.2 Å². The molecule has 182 valence electrons. The molecular formula is C24H29F3N6O. The second-order valence-corrected chi connectivity index (χ2v) is 11.1. The lowest BCUT2D eigenvalue weighted by atomic mass is 9.86. The smallest absolute Gasteiger partial charge is 0.389 e. The normalized spacial score (nSPS) is 30.4. The van der Waals surface area contributed by atoms with E-state index in [1.165, 1.54) is 6.20 Å². The summed E-state index contributed by atoms with van der Waals surface area (Å²) < 4.78 is 40.4. The van der Waals surface area contributed by atoms with E-state index in [2.05, 4.69) is 14.8 Å². The third kappa shape index (κ3) is 3.80. The molecule has 2 unspecified atom stereocenters. The standard InChI is InChI=1S/C24H29F3N6O/c1-23(2,34)11-32-9-15-16(10-32)20(15)19-6-18(13-5-17(24(25,26)27)21(28)29-7-13)30-22(31-19)33-8-12-3-14(33)4-12/h5-7,12,14-16,20,34H,3-4,8-11H2,1-2H3,(H2,28,29). The molecule has 5 aliphatic rings. The van der Waals surface area contributed by atoms with Crippen LogP contribution in [-0.2, 0) is 6.18 Å². The predicted molar refractivity (Wildman–Crippen MR) is 121 cm³/mol. The molecule has 3 aliphatic heterocycles. The van der Waals surface area contributed by atoms with E-state index < -0.39 is 23.2 Å². The summed E-state index contributed by atoms with van der Waals surface area (Å²) in [6.45, 7) is 6.94. The third-order valence-electron chi connectivity index (χ3n) is 7.84. The van der Waals surface area contributed by atoms with Crippen molar-refractivity contribution >= 4 is 11.8 Å². The molecule has 7 nitrogen and oxygen atoms in total. The Morgan fingerprint density at radius 2 is 1.79 bits per heavy atom. The first-order valence-corrected chi connectivity index (χ1v) is 11.9. The van der Waals surface area contributed by atoms with Crippen LogP contribution in [-0.4, -0.2) is 62.8 Å². The summed E-state index contributed by atoms with van der Waals surface area (Å²) >= 11 is 0. The lowest BCUT2D eigenvalue weighted by molar-refractivity contribution is -0.137. The highest BCUT2D eigenvalue weighted by atomic mass is 19.4. The van der Waals surface area contributed by atoms with E-state index in [4.69, 9.17) is 15.7 Å². The first kappa shape index (κ1) is 22.0. The molecule has 2 aliphatic carbocycles. The minimum atomic E-state index is -4.58. The fourth-order valence-corrected chi connectivity index (χ4v) is 6.25. The van der Waals surface area contributed by atoms with Gasteiger partial charge in [-0.2, -0.15) is 13.2 Å². The molecule has 10 heteroatoms. The molecule has 0 aromatic carbocycles. The number of halogens is 3. The number of piperidine rings is 1. The van der Waals surface area contributed by atoms with Crippen molar-refractivity contribution < 1.29 is 18.3 Å². The van der Waals surface area contributed by atoms with Gasteiger partial charge in [-0.15, -0.1) is 0 Å². The van der Waals surface area contributed by atoms with Gasteiger partial charge in [0.15, 0.2) is 0 Å². The number of nitrogens with zero attached hydrogens (tertiary/aromatic N) is 5. The number of aliphatic hydroxyl groups is 1. The van der Waals surface area contributed by atoms with Gasteiger partial charge < -0.3 is 15.7 Å². The summed E-state index contributed by atoms with van der Waals surface area (Å²) in [6, 6.07) is 3.30. The Hall–Kier alpha value is -2.46. The van der Waals surface area contributed by atoms with Crippen molar-refractivity contribution in [1.82, 2.24) is 19.9 Å². The number of fused-ring (bicyclic) bond motifs is 2. The van der Waals surface area contributed by atoms with Crippen molar-refractivity contribution in [3.8, 4) is 11.3 Å². The highest BCUT2D eigenvalue weighted by Gasteiger charge is 2.57. The minimum Gasteiger partial charge on any atom is -0.389 e. The second kappa shape index (κ2) is 7.27. The van der Waals surface area contributed by atoms with E-state index in [1.807, 2.05) is 19.9 Å². The summed E-state index contributed by atoms with van der Waals surface area (Å²) in [4.78, 5) is 17.9. The van der Waals surface area contributed by atoms with Gasteiger partial charge in [-0.25, -0.2) is 15.0 Å². The molecule has 2 atom stereocenters. The highest BCUT2D eigenvalue weighted by Crippen LogP contribution is 2.58. The fraction of sp³-hybridized carbons (Fsp3) is 0.625. The number of alkyl halides is 3. The first-order valence-electron chi connectivity index (χ1n) is 11.9. The van der Waals surface area contributed by atoms with Crippen molar-refractivity contribution in [3.63, 3.8) is 0 Å². The van der Waals surface area contributed by atoms with Crippen LogP contribution in [0.15, 0.2) is 18.3 Å². The van der Waals surface area contributed by atoms with Crippen molar-refractivity contribution in [2.45, 2.75) is 50.4 Å². The second-order valence-electron chi connectivity index (χ2n) is 11.1. The van der Waals surface area contributed by atoms with Crippen LogP contribution < -0.4 is 10.6 Å². The molecule has 2 saturated carbocycles. The summed E-state index contributed by atoms with van der Waals surface area (Å²) in [5, 5.41) is 10.1. The Morgan fingerprint density at radius 3 is 2.38 bits per heavy atom. The van der Waals surface area contributed by atoms with E-state index >= 15 is 0 Å². The Balaban J connectivity index is 1.33. The zero-order valence-electron chi connectivity index (χ0n) is 19.3. The van der Waals surface area contributed by atoms with Crippen LogP contribution in [0.5, 0.6) is 0 Å². The maximum atomic E-state index is 13.5. The van der Waals surface area contributed by atoms with E-state index in [1.54, 1.807) is 0 Å². The van der Waals surface area contributed by atoms with Gasteiger partial charge in [0.05, 0.1) is 22.6 Å². The van der Waals surface area contributed by atoms with E-state index in [0.29, 0.717) is 47.5 Å². The average molecular weight is 475 g/mol. The molecule has 2 bridgehead atoms. The SMILES string of the molecule is CC(C)(O)CN1CC2C(C1)C2c1cc(-c2cnc(N)c(C(F)(F)F)c2)nc(N2CC3CC2C3)n1. The van der Waals surface area contributed by atoms with Crippen molar-refractivity contribution in [2.24, 2.45) is 17.8 Å². The molecular weight excluding hydrogens is 445 g/mol. The number of hydrogen-bond donors (Lipinski definition) is 2. The van der Waals surface area contributed by atoms with Crippen LogP contribution in [0.3, 0.4) is 0 Å². The molecule has 3 saturated heterocycles. The van der Waals surface area contributed by atoms with E-state index in [-0.39, 0.29) is 5.92 Å². The Bertz CT molecular complexity index is 1110. The molecule has 2 aromatic heterocycles. The van der Waals surface area contributed by atoms with Crippen LogP contribution in [0.1, 0.15) is 43.9 Å². The van der Waals surface area contributed by atoms with Crippen LogP contribution in [0, 0.1) is 17.8 Å². The van der Waals surface area contributed by atoms with Crippen molar-refractivity contribution in [3.05, 3.63) is 29.6 Å². The summed E-state index contributed by atoms with van der Waals surface area (Å²) in [5.74, 6) is 1.89. The van der Waals surface area contributed by atoms with Crippen LogP contribution in [0.25, 0.3) is 11.3 Å². The Labute approximate surface area is 196 Å². The number of nitrogens with two attached hydrogens (primary N) is 1. The first-order chi connectivity index (χ1) is 16.0. The molecule has 0 spiro atoms. The fourth-order valence-electron chi connectivity index (χ4n) is 6.25. The highest BCUT2D eigenvalue weighted by molar-refractivity contribution is 5.64. The van der Waals surface area contributed by atoms with Gasteiger partial charge in [-0.05, 0) is 56.6 Å². The van der Waals surface area contributed by atoms with Gasteiger partial charge >= 0.3 is 6.18 Å². The minimum absolute atomic E-state index is 0.264. The van der Waals surface area contributed by atoms with Gasteiger partial charge in [0.25, 0.3) is 0 Å². The molecule has 2 aromatic rings. The Kier molecular flexibility index (Phi) is 4.71. The number of β-amino-alcohol motifs (C(OH)–C–C–N with tert-alkyl or cyclic N) is 1. The maximum absolute atomic E-state index is 13.5. The molecule has 5 heterocycles. The van der Waals surface area contributed by atoms with Crippen molar-refractivity contribution in [2.75, 3.05) is 36.8 Å². The number of rotatable bonds is 5. The third-order valence-corrected chi connectivity index (χ3v) is 7.84. The van der Waals surface area contributed by atoms with Gasteiger partial charge in [0.2, 0.25) is 5.95 Å². The molecule has 0 radical (unpaired) electrons. The zero-order valence-corrected chi connectivity index (χ0v) is 19.3. The number of pyridine rings is 1. The summed E-state index contributed by atoms with van der Waals surface area (Å²) in [5.41, 5.74) is 5.49. The van der Waals surface area contributed by atoms with E-state index in [9.17, 15) is 18.3 Å². The largest absolute Gasteiger partial charge is 0.419 e. The predicted octanol–water partition coefficient (Wildman–Crippen LogP) is 3.15. The van der Waals surface area contributed by atoms with Crippen LogP contribution >= 0.6 is 0 Å². The number of nitrogen functional groups attached to an aromatic ring is 1. The topological polar surface area (TPSA) is 91.4 Å². The molecule has 0 amide bonds. The van der Waals surface area contributed by atoms with Gasteiger partial charge in [-0.3, -0.25) is 4.90 Å². The average Bonchev–Trinajstić information content (AvgIpc) is 3.10. The number of aromatic nitrogens is 3. The lowest BCUT2D eigenvalue weighted by Crippen LogP contribution is -2.38. The molecule has 5 fully saturated rings. The van der Waals surface area contributed by atoms with Crippen LogP contribution in [0.2, 0.25) is 0 Å². The van der Waals surface area contributed by atoms with Gasteiger partial charge in [0, 0.05) is 49.9 Å². The summed E-state index contributed by atoms with van der Waals surface area (Å²) in [7, 11) is 0. The van der Waals surface area contributed by atoms with Gasteiger partial charge in [0.1, 0.15) is 5.82 Å².